The zero-order valence-corrected chi connectivity index (χ0v) is 10.8. The molecular weight excluding hydrogens is 246 g/mol. The van der Waals surface area contributed by atoms with Gasteiger partial charge in [-0.1, -0.05) is 26.3 Å². The first-order valence-electron chi connectivity index (χ1n) is 5.02. The van der Waals surface area contributed by atoms with Gasteiger partial charge < -0.3 is 4.79 Å². The minimum atomic E-state index is -3.55. The van der Waals surface area contributed by atoms with Crippen LogP contribution in [0.15, 0.2) is 21.7 Å². The lowest BCUT2D eigenvalue weighted by atomic mass is 10.0. The molecule has 16 heavy (non-hydrogen) atoms. The fraction of sp³-hybridized carbons (Fsp3) is 0.500. The number of hydrogen-bond acceptors (Lipinski definition) is 4. The van der Waals surface area contributed by atoms with Crippen molar-refractivity contribution in [3.63, 3.8) is 0 Å². The van der Waals surface area contributed by atoms with E-state index in [0.717, 1.165) is 17.8 Å². The van der Waals surface area contributed by atoms with E-state index in [1.807, 2.05) is 13.8 Å². The van der Waals surface area contributed by atoms with Crippen LogP contribution in [0.1, 0.15) is 20.3 Å². The Bertz CT molecular complexity index is 425. The standard InChI is InChI=1S/C10H15NO3S2/c1-3-8(2)9(7-12)11-16(13,14)10-5-4-6-15-10/h4-9,11H,3H2,1-2H3/t8-,9+/m0/s1. The van der Waals surface area contributed by atoms with Gasteiger partial charge in [0.1, 0.15) is 10.5 Å². The summed E-state index contributed by atoms with van der Waals surface area (Å²) in [6.07, 6.45) is 1.40. The van der Waals surface area contributed by atoms with E-state index in [0.29, 0.717) is 6.29 Å². The Hall–Kier alpha value is -0.720. The number of aldehydes is 1. The molecule has 6 heteroatoms. The highest BCUT2D eigenvalue weighted by molar-refractivity contribution is 7.91. The molecule has 0 aromatic carbocycles. The summed E-state index contributed by atoms with van der Waals surface area (Å²) < 4.78 is 26.3. The molecule has 0 spiro atoms. The van der Waals surface area contributed by atoms with Gasteiger partial charge in [0.25, 0.3) is 10.0 Å². The fourth-order valence-electron chi connectivity index (χ4n) is 1.19. The molecule has 0 aliphatic heterocycles. The summed E-state index contributed by atoms with van der Waals surface area (Å²) in [5.41, 5.74) is 0. The number of carbonyl (C=O) groups is 1. The highest BCUT2D eigenvalue weighted by Gasteiger charge is 2.23. The summed E-state index contributed by atoms with van der Waals surface area (Å²) in [5.74, 6) is -0.00719. The molecular formula is C10H15NO3S2. The van der Waals surface area contributed by atoms with Crippen molar-refractivity contribution in [2.24, 2.45) is 5.92 Å². The third-order valence-electron chi connectivity index (χ3n) is 2.45. The third kappa shape index (κ3) is 3.13. The van der Waals surface area contributed by atoms with Gasteiger partial charge in [0.15, 0.2) is 0 Å². The number of hydrogen-bond donors (Lipinski definition) is 1. The second kappa shape index (κ2) is 5.56. The molecule has 0 aliphatic carbocycles. The van der Waals surface area contributed by atoms with Crippen molar-refractivity contribution in [3.05, 3.63) is 17.5 Å². The molecule has 2 atom stereocenters. The molecule has 1 heterocycles. The maximum atomic E-state index is 11.8. The van der Waals surface area contributed by atoms with E-state index >= 15 is 0 Å². The molecule has 0 amide bonds. The van der Waals surface area contributed by atoms with Crippen LogP contribution in [0.5, 0.6) is 0 Å². The third-order valence-corrected chi connectivity index (χ3v) is 5.31. The number of carbonyl (C=O) groups excluding carboxylic acids is 1. The summed E-state index contributed by atoms with van der Waals surface area (Å²) >= 11 is 1.14. The van der Waals surface area contributed by atoms with Crippen LogP contribution in [0.25, 0.3) is 0 Å². The number of sulfonamides is 1. The lowest BCUT2D eigenvalue weighted by Crippen LogP contribution is -2.40. The Labute approximate surface area is 99.7 Å². The van der Waals surface area contributed by atoms with Crippen LogP contribution in [0.2, 0.25) is 0 Å². The molecule has 0 aliphatic rings. The first kappa shape index (κ1) is 13.3. The number of thiophene rings is 1. The van der Waals surface area contributed by atoms with Gasteiger partial charge >= 0.3 is 0 Å². The quantitative estimate of drug-likeness (QED) is 0.792. The van der Waals surface area contributed by atoms with Crippen molar-refractivity contribution in [2.45, 2.75) is 30.5 Å². The summed E-state index contributed by atoms with van der Waals surface area (Å²) in [4.78, 5) is 10.8. The fourth-order valence-corrected chi connectivity index (χ4v) is 3.47. The highest BCUT2D eigenvalue weighted by atomic mass is 32.2. The molecule has 1 rings (SSSR count). The molecule has 0 bridgehead atoms. The molecule has 0 saturated carbocycles. The first-order chi connectivity index (χ1) is 7.51. The van der Waals surface area contributed by atoms with Crippen molar-refractivity contribution >= 4 is 27.6 Å². The Morgan fingerprint density at radius 3 is 2.69 bits per heavy atom. The topological polar surface area (TPSA) is 63.2 Å². The second-order valence-electron chi connectivity index (χ2n) is 3.60. The Kier molecular flexibility index (Phi) is 4.64. The zero-order valence-electron chi connectivity index (χ0n) is 9.21. The van der Waals surface area contributed by atoms with Crippen molar-refractivity contribution in [1.82, 2.24) is 4.72 Å². The van der Waals surface area contributed by atoms with E-state index in [2.05, 4.69) is 4.72 Å². The van der Waals surface area contributed by atoms with Gasteiger partial charge in [-0.15, -0.1) is 11.3 Å². The molecule has 90 valence electrons. The molecule has 1 aromatic rings. The van der Waals surface area contributed by atoms with Crippen molar-refractivity contribution in [2.75, 3.05) is 0 Å². The van der Waals surface area contributed by atoms with E-state index < -0.39 is 16.1 Å². The van der Waals surface area contributed by atoms with E-state index in [-0.39, 0.29) is 10.1 Å². The Morgan fingerprint density at radius 2 is 2.25 bits per heavy atom. The van der Waals surface area contributed by atoms with E-state index in [4.69, 9.17) is 0 Å². The predicted octanol–water partition coefficient (Wildman–Crippen LogP) is 1.64. The summed E-state index contributed by atoms with van der Waals surface area (Å²) in [5, 5.41) is 1.69. The number of nitrogens with one attached hydrogen (secondary N) is 1. The van der Waals surface area contributed by atoms with Gasteiger partial charge in [-0.05, 0) is 17.4 Å². The minimum Gasteiger partial charge on any atom is -0.302 e. The molecule has 1 aromatic heterocycles. The smallest absolute Gasteiger partial charge is 0.250 e. The molecule has 1 N–H and O–H groups in total. The summed E-state index contributed by atoms with van der Waals surface area (Å²) in [6, 6.07) is 2.53. The van der Waals surface area contributed by atoms with Gasteiger partial charge in [-0.25, -0.2) is 8.42 Å². The van der Waals surface area contributed by atoms with Gasteiger partial charge in [-0.2, -0.15) is 4.72 Å². The van der Waals surface area contributed by atoms with Crippen LogP contribution < -0.4 is 4.72 Å². The minimum absolute atomic E-state index is 0.00719. The van der Waals surface area contributed by atoms with Crippen molar-refractivity contribution in [1.29, 1.82) is 0 Å². The first-order valence-corrected chi connectivity index (χ1v) is 7.38. The number of rotatable bonds is 6. The molecule has 0 saturated heterocycles. The normalized spacial score (nSPS) is 15.6. The molecule has 0 fully saturated rings. The largest absolute Gasteiger partial charge is 0.302 e. The average molecular weight is 261 g/mol. The average Bonchev–Trinajstić information content (AvgIpc) is 2.78. The maximum Gasteiger partial charge on any atom is 0.250 e. The highest BCUT2D eigenvalue weighted by Crippen LogP contribution is 2.17. The SMILES string of the molecule is CC[C@H](C)[C@@H](C=O)NS(=O)(=O)c1cccs1. The summed E-state index contributed by atoms with van der Waals surface area (Å²) in [6.45, 7) is 3.76. The second-order valence-corrected chi connectivity index (χ2v) is 6.49. The van der Waals surface area contributed by atoms with Crippen molar-refractivity contribution < 1.29 is 13.2 Å². The van der Waals surface area contributed by atoms with Gasteiger partial charge in [0.2, 0.25) is 0 Å². The monoisotopic (exact) mass is 261 g/mol. The summed E-state index contributed by atoms with van der Waals surface area (Å²) in [7, 11) is -3.55. The Morgan fingerprint density at radius 1 is 1.56 bits per heavy atom. The maximum absolute atomic E-state index is 11.8. The van der Waals surface area contributed by atoms with Gasteiger partial charge in [0, 0.05) is 0 Å². The van der Waals surface area contributed by atoms with Crippen LogP contribution >= 0.6 is 11.3 Å². The lowest BCUT2D eigenvalue weighted by molar-refractivity contribution is -0.110. The van der Waals surface area contributed by atoms with Gasteiger partial charge in [-0.3, -0.25) is 0 Å². The molecule has 4 nitrogen and oxygen atoms in total. The molecule has 0 unspecified atom stereocenters. The zero-order chi connectivity index (χ0) is 12.2. The van der Waals surface area contributed by atoms with Crippen LogP contribution in [-0.4, -0.2) is 20.7 Å². The van der Waals surface area contributed by atoms with Gasteiger partial charge in [0.05, 0.1) is 6.04 Å². The van der Waals surface area contributed by atoms with Crippen LogP contribution in [-0.2, 0) is 14.8 Å². The van der Waals surface area contributed by atoms with Crippen LogP contribution in [0.3, 0.4) is 0 Å². The predicted molar refractivity (Wildman–Crippen MR) is 63.9 cm³/mol. The van der Waals surface area contributed by atoms with E-state index in [1.165, 1.54) is 6.07 Å². The Balaban J connectivity index is 2.83. The van der Waals surface area contributed by atoms with E-state index in [1.54, 1.807) is 11.4 Å². The lowest BCUT2D eigenvalue weighted by Gasteiger charge is -2.17. The molecule has 0 radical (unpaired) electrons. The van der Waals surface area contributed by atoms with Crippen molar-refractivity contribution in [3.8, 4) is 0 Å². The van der Waals surface area contributed by atoms with Crippen LogP contribution in [0.4, 0.5) is 0 Å². The van der Waals surface area contributed by atoms with E-state index in [9.17, 15) is 13.2 Å². The van der Waals surface area contributed by atoms with Crippen LogP contribution in [0, 0.1) is 5.92 Å².